The molecule has 0 saturated carbocycles. The van der Waals surface area contributed by atoms with E-state index in [0.717, 1.165) is 32.0 Å². The summed E-state index contributed by atoms with van der Waals surface area (Å²) in [6, 6.07) is 0.754. The fourth-order valence-corrected chi connectivity index (χ4v) is 3.33. The van der Waals surface area contributed by atoms with Gasteiger partial charge in [-0.2, -0.15) is 0 Å². The Morgan fingerprint density at radius 2 is 1.95 bits per heavy atom. The minimum Gasteiger partial charge on any atom is -0.480 e. The van der Waals surface area contributed by atoms with Crippen LogP contribution in [0.4, 0.5) is 0 Å². The van der Waals surface area contributed by atoms with Gasteiger partial charge in [-0.15, -0.1) is 0 Å². The molecule has 2 saturated heterocycles. The van der Waals surface area contributed by atoms with Gasteiger partial charge in [0.25, 0.3) is 0 Å². The van der Waals surface area contributed by atoms with Crippen LogP contribution in [0, 0.1) is 0 Å². The van der Waals surface area contributed by atoms with Gasteiger partial charge in [0, 0.05) is 19.1 Å². The standard InChI is InChI=1S/C15H28N2O3/c1-16-8-3-2-4-13(16)5-9-17-10-6-14(7-11-17)20-12-15(18)19/h13-14H,2-12H2,1H3,(H,18,19). The highest BCUT2D eigenvalue weighted by atomic mass is 16.5. The average Bonchev–Trinajstić information content (AvgIpc) is 2.45. The zero-order valence-corrected chi connectivity index (χ0v) is 12.6. The van der Waals surface area contributed by atoms with Gasteiger partial charge in [-0.3, -0.25) is 0 Å². The van der Waals surface area contributed by atoms with E-state index in [-0.39, 0.29) is 12.7 Å². The lowest BCUT2D eigenvalue weighted by Crippen LogP contribution is -2.42. The molecule has 2 aliphatic rings. The molecule has 1 N–H and O–H groups in total. The van der Waals surface area contributed by atoms with E-state index in [1.165, 1.54) is 38.8 Å². The average molecular weight is 284 g/mol. The molecule has 0 spiro atoms. The number of ether oxygens (including phenoxy) is 1. The van der Waals surface area contributed by atoms with Gasteiger partial charge in [0.2, 0.25) is 0 Å². The van der Waals surface area contributed by atoms with E-state index >= 15 is 0 Å². The molecule has 2 aliphatic heterocycles. The molecule has 0 bridgehead atoms. The third-order valence-corrected chi connectivity index (χ3v) is 4.68. The van der Waals surface area contributed by atoms with Crippen molar-refractivity contribution in [3.05, 3.63) is 0 Å². The first-order valence-corrected chi connectivity index (χ1v) is 7.91. The first-order chi connectivity index (χ1) is 9.65. The number of carboxylic acids is 1. The number of carbonyl (C=O) groups is 1. The minimum atomic E-state index is -0.868. The maximum atomic E-state index is 10.5. The molecule has 2 rings (SSSR count). The quantitative estimate of drug-likeness (QED) is 0.799. The normalized spacial score (nSPS) is 26.8. The summed E-state index contributed by atoms with van der Waals surface area (Å²) in [6.45, 7) is 4.34. The number of hydrogen-bond donors (Lipinski definition) is 1. The Bertz CT molecular complexity index is 303. The Morgan fingerprint density at radius 1 is 1.20 bits per heavy atom. The summed E-state index contributed by atoms with van der Waals surface area (Å²) < 4.78 is 5.37. The zero-order valence-electron chi connectivity index (χ0n) is 12.6. The third-order valence-electron chi connectivity index (χ3n) is 4.68. The van der Waals surface area contributed by atoms with Crippen molar-refractivity contribution < 1.29 is 14.6 Å². The van der Waals surface area contributed by atoms with Gasteiger partial charge in [-0.1, -0.05) is 6.42 Å². The SMILES string of the molecule is CN1CCCCC1CCN1CCC(OCC(=O)O)CC1. The Kier molecular flexibility index (Phi) is 6.26. The Morgan fingerprint density at radius 3 is 2.60 bits per heavy atom. The molecular formula is C15H28N2O3. The van der Waals surface area contributed by atoms with Crippen LogP contribution >= 0.6 is 0 Å². The van der Waals surface area contributed by atoms with Gasteiger partial charge >= 0.3 is 5.97 Å². The van der Waals surface area contributed by atoms with Crippen LogP contribution in [0.2, 0.25) is 0 Å². The maximum Gasteiger partial charge on any atom is 0.329 e. The topological polar surface area (TPSA) is 53.0 Å². The van der Waals surface area contributed by atoms with Crippen LogP contribution in [0.25, 0.3) is 0 Å². The van der Waals surface area contributed by atoms with E-state index in [1.54, 1.807) is 0 Å². The van der Waals surface area contributed by atoms with Crippen molar-refractivity contribution in [3.63, 3.8) is 0 Å². The highest BCUT2D eigenvalue weighted by molar-refractivity contribution is 5.68. The van der Waals surface area contributed by atoms with Crippen LogP contribution in [0.5, 0.6) is 0 Å². The van der Waals surface area contributed by atoms with E-state index in [2.05, 4.69) is 16.8 Å². The van der Waals surface area contributed by atoms with Crippen molar-refractivity contribution in [3.8, 4) is 0 Å². The van der Waals surface area contributed by atoms with Gasteiger partial charge in [0.05, 0.1) is 6.10 Å². The molecule has 20 heavy (non-hydrogen) atoms. The van der Waals surface area contributed by atoms with E-state index in [9.17, 15) is 4.79 Å². The largest absolute Gasteiger partial charge is 0.480 e. The van der Waals surface area contributed by atoms with E-state index < -0.39 is 5.97 Å². The molecule has 5 nitrogen and oxygen atoms in total. The van der Waals surface area contributed by atoms with Crippen LogP contribution in [0.3, 0.4) is 0 Å². The fraction of sp³-hybridized carbons (Fsp3) is 0.933. The van der Waals surface area contributed by atoms with Gasteiger partial charge in [-0.05, 0) is 52.2 Å². The number of carboxylic acid groups (broad SMARTS) is 1. The Balaban J connectivity index is 1.60. The molecule has 116 valence electrons. The number of likely N-dealkylation sites (tertiary alicyclic amines) is 2. The van der Waals surface area contributed by atoms with Crippen LogP contribution in [-0.4, -0.2) is 72.9 Å². The fourth-order valence-electron chi connectivity index (χ4n) is 3.33. The Labute approximate surface area is 121 Å². The monoisotopic (exact) mass is 284 g/mol. The molecule has 5 heteroatoms. The van der Waals surface area contributed by atoms with Crippen molar-refractivity contribution >= 4 is 5.97 Å². The predicted octanol–water partition coefficient (Wildman–Crippen LogP) is 1.43. The van der Waals surface area contributed by atoms with Crippen molar-refractivity contribution in [2.24, 2.45) is 0 Å². The lowest BCUT2D eigenvalue weighted by atomic mass is 9.99. The highest BCUT2D eigenvalue weighted by Gasteiger charge is 2.23. The number of rotatable bonds is 6. The number of hydrogen-bond acceptors (Lipinski definition) is 4. The molecule has 2 fully saturated rings. The summed E-state index contributed by atoms with van der Waals surface area (Å²) in [4.78, 5) is 15.5. The molecule has 0 aliphatic carbocycles. The summed E-state index contributed by atoms with van der Waals surface area (Å²) in [5.74, 6) is -0.868. The molecule has 1 atom stereocenters. The van der Waals surface area contributed by atoms with Crippen molar-refractivity contribution in [2.45, 2.75) is 50.7 Å². The van der Waals surface area contributed by atoms with Gasteiger partial charge in [0.1, 0.15) is 6.61 Å². The molecular weight excluding hydrogens is 256 g/mol. The number of piperidine rings is 2. The highest BCUT2D eigenvalue weighted by Crippen LogP contribution is 2.20. The van der Waals surface area contributed by atoms with Crippen molar-refractivity contribution in [1.82, 2.24) is 9.80 Å². The molecule has 0 aromatic carbocycles. The molecule has 0 amide bonds. The zero-order chi connectivity index (χ0) is 14.4. The second kappa shape index (κ2) is 7.96. The van der Waals surface area contributed by atoms with E-state index in [0.29, 0.717) is 0 Å². The number of aliphatic carboxylic acids is 1. The summed E-state index contributed by atoms with van der Waals surface area (Å²) in [7, 11) is 2.25. The second-order valence-electron chi connectivity index (χ2n) is 6.16. The predicted molar refractivity (Wildman–Crippen MR) is 77.9 cm³/mol. The molecule has 0 aromatic heterocycles. The lowest BCUT2D eigenvalue weighted by molar-refractivity contribution is -0.145. The van der Waals surface area contributed by atoms with Crippen LogP contribution < -0.4 is 0 Å². The minimum absolute atomic E-state index is 0.139. The smallest absolute Gasteiger partial charge is 0.329 e. The Hall–Kier alpha value is -0.650. The van der Waals surface area contributed by atoms with Crippen molar-refractivity contribution in [2.75, 3.05) is 39.8 Å². The van der Waals surface area contributed by atoms with E-state index in [4.69, 9.17) is 9.84 Å². The van der Waals surface area contributed by atoms with Gasteiger partial charge in [0.15, 0.2) is 0 Å². The first-order valence-electron chi connectivity index (χ1n) is 7.91. The van der Waals surface area contributed by atoms with Crippen LogP contribution in [0.15, 0.2) is 0 Å². The summed E-state index contributed by atoms with van der Waals surface area (Å²) in [5, 5.41) is 8.61. The summed E-state index contributed by atoms with van der Waals surface area (Å²) in [5.41, 5.74) is 0. The summed E-state index contributed by atoms with van der Waals surface area (Å²) >= 11 is 0. The van der Waals surface area contributed by atoms with Crippen molar-refractivity contribution in [1.29, 1.82) is 0 Å². The van der Waals surface area contributed by atoms with Gasteiger partial charge in [-0.25, -0.2) is 4.79 Å². The van der Waals surface area contributed by atoms with Gasteiger partial charge < -0.3 is 19.6 Å². The maximum absolute atomic E-state index is 10.5. The molecule has 0 radical (unpaired) electrons. The molecule has 2 heterocycles. The number of nitrogens with zero attached hydrogens (tertiary/aromatic N) is 2. The molecule has 1 unspecified atom stereocenters. The molecule has 0 aromatic rings. The van der Waals surface area contributed by atoms with Crippen LogP contribution in [-0.2, 0) is 9.53 Å². The first kappa shape index (κ1) is 15.7. The lowest BCUT2D eigenvalue weighted by Gasteiger charge is -2.36. The summed E-state index contributed by atoms with van der Waals surface area (Å²) in [6.07, 6.45) is 7.40. The second-order valence-corrected chi connectivity index (χ2v) is 6.16. The third kappa shape index (κ3) is 5.04. The van der Waals surface area contributed by atoms with E-state index in [1.807, 2.05) is 0 Å². The van der Waals surface area contributed by atoms with Crippen LogP contribution in [0.1, 0.15) is 38.5 Å².